The number of benzene rings is 2. The second-order valence-electron chi connectivity index (χ2n) is 7.75. The molecule has 1 N–H and O–H groups in total. The molecule has 0 amide bonds. The van der Waals surface area contributed by atoms with Crippen molar-refractivity contribution in [3.8, 4) is 17.2 Å². The van der Waals surface area contributed by atoms with Crippen LogP contribution >= 0.6 is 49.9 Å². The molecule has 0 bridgehead atoms. The summed E-state index contributed by atoms with van der Waals surface area (Å²) in [5.41, 5.74) is 1.85. The number of carbonyl (C=O) groups excluding carboxylic acids is 1. The van der Waals surface area contributed by atoms with E-state index >= 15 is 0 Å². The van der Waals surface area contributed by atoms with Gasteiger partial charge in [-0.3, -0.25) is 9.36 Å². The number of esters is 1. The van der Waals surface area contributed by atoms with Gasteiger partial charge in [0.25, 0.3) is 5.56 Å². The monoisotopic (exact) mass is 684 g/mol. The zero-order chi connectivity index (χ0) is 26.1. The van der Waals surface area contributed by atoms with Gasteiger partial charge in [0.15, 0.2) is 16.3 Å². The number of aromatic nitrogens is 1. The average molecular weight is 685 g/mol. The van der Waals surface area contributed by atoms with Crippen molar-refractivity contribution < 1.29 is 24.1 Å². The fourth-order valence-electron chi connectivity index (χ4n) is 3.95. The van der Waals surface area contributed by atoms with E-state index in [4.69, 9.17) is 14.2 Å². The predicted molar refractivity (Wildman–Crippen MR) is 148 cm³/mol. The van der Waals surface area contributed by atoms with Gasteiger partial charge >= 0.3 is 5.97 Å². The molecule has 188 valence electrons. The Bertz CT molecular complexity index is 1550. The maximum Gasteiger partial charge on any atom is 0.338 e. The summed E-state index contributed by atoms with van der Waals surface area (Å²) in [5.74, 6) is 0.597. The van der Waals surface area contributed by atoms with Gasteiger partial charge < -0.3 is 19.3 Å². The number of aromatic hydroxyl groups is 1. The van der Waals surface area contributed by atoms with Crippen LogP contribution in [0.15, 0.2) is 55.9 Å². The Labute approximate surface area is 232 Å². The molecule has 0 unspecified atom stereocenters. The van der Waals surface area contributed by atoms with E-state index in [0.29, 0.717) is 40.1 Å². The first kappa shape index (κ1) is 26.4. The van der Waals surface area contributed by atoms with Crippen LogP contribution in [0.25, 0.3) is 6.08 Å². The Kier molecular flexibility index (Phi) is 7.90. The van der Waals surface area contributed by atoms with Gasteiger partial charge in [-0.15, -0.1) is 0 Å². The van der Waals surface area contributed by atoms with E-state index in [1.807, 2.05) is 22.6 Å². The molecule has 4 rings (SSSR count). The molecule has 1 aliphatic rings. The number of ether oxygens (including phenoxy) is 3. The second kappa shape index (κ2) is 10.8. The Morgan fingerprint density at radius 3 is 2.61 bits per heavy atom. The minimum absolute atomic E-state index is 0.136. The lowest BCUT2D eigenvalue weighted by Gasteiger charge is -2.25. The van der Waals surface area contributed by atoms with Crippen molar-refractivity contribution in [1.82, 2.24) is 4.57 Å². The van der Waals surface area contributed by atoms with Crippen molar-refractivity contribution in [2.75, 3.05) is 20.8 Å². The SMILES string of the molecule is CCOC(=O)C1=C(C)N=c2s/c(=C/c3cc(Br)c(O)c(I)c3)c(=O)n2[C@@H]1c1ccc(OC)c(OC)c1. The van der Waals surface area contributed by atoms with Gasteiger partial charge in [0, 0.05) is 0 Å². The lowest BCUT2D eigenvalue weighted by molar-refractivity contribution is -0.139. The number of fused-ring (bicyclic) bond motifs is 1. The molecule has 0 saturated carbocycles. The van der Waals surface area contributed by atoms with Crippen LogP contribution < -0.4 is 24.4 Å². The third-order valence-corrected chi connectivity index (χ3v) is 7.99. The summed E-state index contributed by atoms with van der Waals surface area (Å²) in [7, 11) is 3.06. The molecule has 1 aliphatic heterocycles. The number of thiazole rings is 1. The summed E-state index contributed by atoms with van der Waals surface area (Å²) < 4.78 is 19.3. The fraction of sp³-hybridized carbons (Fsp3) is 0.240. The van der Waals surface area contributed by atoms with E-state index in [2.05, 4.69) is 20.9 Å². The van der Waals surface area contributed by atoms with Crippen molar-refractivity contribution >= 4 is 61.9 Å². The van der Waals surface area contributed by atoms with Crippen LogP contribution in [0.1, 0.15) is 31.0 Å². The third-order valence-electron chi connectivity index (χ3n) is 5.58. The van der Waals surface area contributed by atoms with Crippen LogP contribution in [0.3, 0.4) is 0 Å². The molecule has 2 aromatic carbocycles. The van der Waals surface area contributed by atoms with E-state index in [1.54, 1.807) is 50.3 Å². The van der Waals surface area contributed by atoms with Crippen LogP contribution in [0, 0.1) is 3.57 Å². The number of rotatable bonds is 6. The third kappa shape index (κ3) is 4.83. The van der Waals surface area contributed by atoms with Gasteiger partial charge in [-0.1, -0.05) is 17.4 Å². The van der Waals surface area contributed by atoms with Gasteiger partial charge in [0.2, 0.25) is 0 Å². The Morgan fingerprint density at radius 1 is 1.25 bits per heavy atom. The predicted octanol–water partition coefficient (Wildman–Crippen LogP) is 3.89. The van der Waals surface area contributed by atoms with E-state index in [9.17, 15) is 14.7 Å². The molecule has 1 aromatic heterocycles. The quantitative estimate of drug-likeness (QED) is 0.313. The number of allylic oxidation sites excluding steroid dienone is 1. The molecule has 11 heteroatoms. The van der Waals surface area contributed by atoms with Crippen molar-refractivity contribution in [3.63, 3.8) is 0 Å². The second-order valence-corrected chi connectivity index (χ2v) is 10.8. The highest BCUT2D eigenvalue weighted by Gasteiger charge is 2.34. The maximum absolute atomic E-state index is 13.7. The van der Waals surface area contributed by atoms with Crippen LogP contribution in [0.5, 0.6) is 17.2 Å². The first-order valence-corrected chi connectivity index (χ1v) is 13.5. The van der Waals surface area contributed by atoms with Crippen LogP contribution in [0.2, 0.25) is 0 Å². The molecule has 0 radical (unpaired) electrons. The lowest BCUT2D eigenvalue weighted by atomic mass is 9.95. The molecule has 1 atom stereocenters. The summed E-state index contributed by atoms with van der Waals surface area (Å²) in [4.78, 5) is 31.8. The first-order chi connectivity index (χ1) is 17.2. The molecule has 36 heavy (non-hydrogen) atoms. The summed E-state index contributed by atoms with van der Waals surface area (Å²) >= 11 is 6.60. The molecule has 3 aromatic rings. The Balaban J connectivity index is 1.98. The number of phenolic OH excluding ortho intramolecular Hbond substituents is 1. The Morgan fingerprint density at radius 2 is 1.97 bits per heavy atom. The molecule has 2 heterocycles. The summed E-state index contributed by atoms with van der Waals surface area (Å²) in [5, 5.41) is 10.1. The topological polar surface area (TPSA) is 99.4 Å². The molecular formula is C25H22BrIN2O6S. The number of hydrogen-bond acceptors (Lipinski definition) is 8. The summed E-state index contributed by atoms with van der Waals surface area (Å²) in [6, 6.07) is 8.02. The van der Waals surface area contributed by atoms with Crippen molar-refractivity contribution in [1.29, 1.82) is 0 Å². The van der Waals surface area contributed by atoms with Gasteiger partial charge in [0.05, 0.1) is 50.7 Å². The lowest BCUT2D eigenvalue weighted by Crippen LogP contribution is -2.40. The zero-order valence-corrected chi connectivity index (χ0v) is 24.4. The maximum atomic E-state index is 13.7. The normalized spacial score (nSPS) is 15.4. The summed E-state index contributed by atoms with van der Waals surface area (Å²) in [6.07, 6.45) is 1.74. The van der Waals surface area contributed by atoms with Crippen molar-refractivity contribution in [2.24, 2.45) is 4.99 Å². The molecular weight excluding hydrogens is 663 g/mol. The minimum atomic E-state index is -0.769. The van der Waals surface area contributed by atoms with Gasteiger partial charge in [-0.25, -0.2) is 9.79 Å². The van der Waals surface area contributed by atoms with Crippen LogP contribution in [0.4, 0.5) is 0 Å². The Hall–Kier alpha value is -2.64. The number of hydrogen-bond donors (Lipinski definition) is 1. The number of carbonyl (C=O) groups is 1. The number of nitrogens with zero attached hydrogens (tertiary/aromatic N) is 2. The molecule has 0 aliphatic carbocycles. The number of halogens is 2. The van der Waals surface area contributed by atoms with E-state index in [1.165, 1.54) is 30.1 Å². The highest BCUT2D eigenvalue weighted by atomic mass is 127. The number of methoxy groups -OCH3 is 2. The van der Waals surface area contributed by atoms with Crippen molar-refractivity contribution in [2.45, 2.75) is 19.9 Å². The standard InChI is InChI=1S/C25H22BrIN2O6S/c1-5-35-24(32)20-12(2)28-25-29(21(20)14-6-7-17(33-3)18(11-14)34-4)23(31)19(36-25)10-13-8-15(26)22(30)16(27)9-13/h6-11,21,30H,5H2,1-4H3/b19-10+/t21-/m1/s1. The summed E-state index contributed by atoms with van der Waals surface area (Å²) in [6.45, 7) is 3.65. The highest BCUT2D eigenvalue weighted by Crippen LogP contribution is 2.36. The van der Waals surface area contributed by atoms with E-state index < -0.39 is 12.0 Å². The van der Waals surface area contributed by atoms with Gasteiger partial charge in [0.1, 0.15) is 5.75 Å². The molecule has 0 saturated heterocycles. The number of phenols is 1. The van der Waals surface area contributed by atoms with Crippen LogP contribution in [-0.4, -0.2) is 36.5 Å². The van der Waals surface area contributed by atoms with Crippen LogP contribution in [-0.2, 0) is 9.53 Å². The first-order valence-electron chi connectivity index (χ1n) is 10.8. The van der Waals surface area contributed by atoms with E-state index in [-0.39, 0.29) is 23.5 Å². The minimum Gasteiger partial charge on any atom is -0.506 e. The van der Waals surface area contributed by atoms with Gasteiger partial charge in [-0.2, -0.15) is 0 Å². The molecule has 0 fully saturated rings. The van der Waals surface area contributed by atoms with Gasteiger partial charge in [-0.05, 0) is 93.8 Å². The highest BCUT2D eigenvalue weighted by molar-refractivity contribution is 14.1. The molecule has 8 nitrogen and oxygen atoms in total. The van der Waals surface area contributed by atoms with E-state index in [0.717, 1.165) is 5.56 Å². The smallest absolute Gasteiger partial charge is 0.338 e. The van der Waals surface area contributed by atoms with Crippen molar-refractivity contribution in [3.05, 3.63) is 80.5 Å². The average Bonchev–Trinajstić information content (AvgIpc) is 3.15. The zero-order valence-electron chi connectivity index (χ0n) is 19.8. The fourth-order valence-corrected chi connectivity index (χ4v) is 6.49. The molecule has 0 spiro atoms. The largest absolute Gasteiger partial charge is 0.506 e.